The predicted octanol–water partition coefficient (Wildman–Crippen LogP) is 5.67. The average Bonchev–Trinajstić information content (AvgIpc) is 3.18. The van der Waals surface area contributed by atoms with Crippen molar-refractivity contribution in [1.82, 2.24) is 0 Å². The van der Waals surface area contributed by atoms with Crippen molar-refractivity contribution in [3.8, 4) is 17.1 Å². The summed E-state index contributed by atoms with van der Waals surface area (Å²) in [4.78, 5) is 12.5. The fourth-order valence-corrected chi connectivity index (χ4v) is 4.00. The largest absolute Gasteiger partial charge is 0.492 e. The van der Waals surface area contributed by atoms with Gasteiger partial charge in [-0.3, -0.25) is 4.79 Å². The van der Waals surface area contributed by atoms with Crippen LogP contribution >= 0.6 is 39.1 Å². The molecular formula is C20H15BrCl2O5. The number of para-hydroxylation sites is 1. The Hall–Kier alpha value is -1.57. The van der Waals surface area contributed by atoms with Gasteiger partial charge in [0.15, 0.2) is 17.3 Å². The summed E-state index contributed by atoms with van der Waals surface area (Å²) in [5.41, 5.74) is 0.659. The van der Waals surface area contributed by atoms with Crippen molar-refractivity contribution in [3.05, 3.63) is 61.1 Å². The van der Waals surface area contributed by atoms with E-state index in [0.29, 0.717) is 68.8 Å². The number of ether oxygens (including phenoxy) is 3. The van der Waals surface area contributed by atoms with Gasteiger partial charge in [-0.05, 0) is 40.2 Å². The lowest BCUT2D eigenvalue weighted by molar-refractivity contribution is -0.0531. The van der Waals surface area contributed by atoms with Crippen LogP contribution in [0.25, 0.3) is 22.3 Å². The first-order chi connectivity index (χ1) is 13.5. The van der Waals surface area contributed by atoms with Gasteiger partial charge in [-0.2, -0.15) is 0 Å². The van der Waals surface area contributed by atoms with Gasteiger partial charge in [0.25, 0.3) is 0 Å². The molecule has 5 nitrogen and oxygen atoms in total. The molecule has 1 aliphatic heterocycles. The lowest BCUT2D eigenvalue weighted by atomic mass is 10.1. The second-order valence-corrected chi connectivity index (χ2v) is 7.83. The Labute approximate surface area is 179 Å². The second-order valence-electron chi connectivity index (χ2n) is 6.16. The topological polar surface area (TPSA) is 57.9 Å². The zero-order valence-electron chi connectivity index (χ0n) is 14.5. The van der Waals surface area contributed by atoms with Crippen LogP contribution in [0.3, 0.4) is 0 Å². The molecule has 8 heteroatoms. The number of hydrogen-bond acceptors (Lipinski definition) is 5. The van der Waals surface area contributed by atoms with Crippen molar-refractivity contribution in [2.75, 3.05) is 19.8 Å². The Morgan fingerprint density at radius 3 is 2.68 bits per heavy atom. The summed E-state index contributed by atoms with van der Waals surface area (Å²) in [6, 6.07) is 9.87. The van der Waals surface area contributed by atoms with Crippen LogP contribution in [0.1, 0.15) is 6.42 Å². The van der Waals surface area contributed by atoms with E-state index >= 15 is 0 Å². The number of rotatable bonds is 5. The molecule has 1 fully saturated rings. The number of fused-ring (bicyclic) bond motifs is 1. The highest BCUT2D eigenvalue weighted by molar-refractivity contribution is 9.10. The van der Waals surface area contributed by atoms with Gasteiger partial charge in [0.2, 0.25) is 0 Å². The van der Waals surface area contributed by atoms with Crippen LogP contribution in [0.2, 0.25) is 10.0 Å². The molecule has 0 radical (unpaired) electrons. The molecule has 28 heavy (non-hydrogen) atoms. The molecule has 0 atom stereocenters. The van der Waals surface area contributed by atoms with Gasteiger partial charge < -0.3 is 18.6 Å². The van der Waals surface area contributed by atoms with Crippen LogP contribution in [-0.4, -0.2) is 26.1 Å². The molecule has 0 spiro atoms. The minimum atomic E-state index is -0.244. The Kier molecular flexibility index (Phi) is 5.94. The molecular weight excluding hydrogens is 471 g/mol. The lowest BCUT2D eigenvalue weighted by Crippen LogP contribution is -2.12. The van der Waals surface area contributed by atoms with Crippen molar-refractivity contribution in [3.63, 3.8) is 0 Å². The van der Waals surface area contributed by atoms with E-state index in [0.717, 1.165) is 0 Å². The molecule has 1 aromatic heterocycles. The molecule has 2 aromatic carbocycles. The average molecular weight is 486 g/mol. The summed E-state index contributed by atoms with van der Waals surface area (Å²) < 4.78 is 23.2. The van der Waals surface area contributed by atoms with E-state index in [2.05, 4.69) is 15.9 Å². The maximum atomic E-state index is 12.5. The molecule has 0 aliphatic carbocycles. The first-order valence-electron chi connectivity index (χ1n) is 8.61. The molecule has 0 unspecified atom stereocenters. The molecule has 4 rings (SSSR count). The second kappa shape index (κ2) is 8.43. The van der Waals surface area contributed by atoms with E-state index in [1.54, 1.807) is 30.3 Å². The van der Waals surface area contributed by atoms with Crippen molar-refractivity contribution >= 4 is 50.1 Å². The third kappa shape index (κ3) is 4.07. The third-order valence-corrected chi connectivity index (χ3v) is 5.53. The fourth-order valence-electron chi connectivity index (χ4n) is 2.94. The minimum absolute atomic E-state index is 0.198. The van der Waals surface area contributed by atoms with Gasteiger partial charge in [-0.15, -0.1) is 0 Å². The smallest absolute Gasteiger partial charge is 0.193 e. The number of halogens is 3. The zero-order valence-corrected chi connectivity index (χ0v) is 17.6. The van der Waals surface area contributed by atoms with Gasteiger partial charge in [0, 0.05) is 18.1 Å². The molecule has 3 aromatic rings. The highest BCUT2D eigenvalue weighted by Crippen LogP contribution is 2.38. The summed E-state index contributed by atoms with van der Waals surface area (Å²) in [5, 5.41) is 1.19. The van der Waals surface area contributed by atoms with Crippen LogP contribution in [0, 0.1) is 0 Å². The highest BCUT2D eigenvalue weighted by Gasteiger charge is 2.18. The van der Waals surface area contributed by atoms with Crippen molar-refractivity contribution in [1.29, 1.82) is 0 Å². The maximum absolute atomic E-state index is 12.5. The van der Waals surface area contributed by atoms with E-state index in [1.807, 2.05) is 0 Å². The molecule has 0 bridgehead atoms. The Morgan fingerprint density at radius 1 is 1.11 bits per heavy atom. The van der Waals surface area contributed by atoms with Crippen molar-refractivity contribution in [2.24, 2.45) is 0 Å². The first-order valence-corrected chi connectivity index (χ1v) is 10.2. The van der Waals surface area contributed by atoms with Gasteiger partial charge in [-0.25, -0.2) is 0 Å². The quantitative estimate of drug-likeness (QED) is 0.465. The van der Waals surface area contributed by atoms with E-state index < -0.39 is 0 Å². The Bertz CT molecular complexity index is 1080. The van der Waals surface area contributed by atoms with Crippen molar-refractivity contribution in [2.45, 2.75) is 12.7 Å². The fraction of sp³-hybridized carbons (Fsp3) is 0.250. The zero-order chi connectivity index (χ0) is 19.7. The van der Waals surface area contributed by atoms with E-state index in [-0.39, 0.29) is 11.7 Å². The third-order valence-electron chi connectivity index (χ3n) is 4.30. The molecule has 1 aliphatic rings. The van der Waals surface area contributed by atoms with E-state index in [1.165, 1.54) is 6.07 Å². The molecule has 2 heterocycles. The number of hydrogen-bond donors (Lipinski definition) is 0. The first kappa shape index (κ1) is 19.7. The van der Waals surface area contributed by atoms with Crippen LogP contribution < -0.4 is 10.2 Å². The number of benzene rings is 2. The van der Waals surface area contributed by atoms with Crippen LogP contribution in [0.15, 0.2) is 50.1 Å². The molecule has 146 valence electrons. The molecule has 0 saturated carbocycles. The van der Waals surface area contributed by atoms with Gasteiger partial charge in [0.05, 0.1) is 39.7 Å². The SMILES string of the molecule is O=c1cc(-c2cc(OCCC3OCCO3)c(Br)cc2Cl)oc2c(Cl)cccc12. The summed E-state index contributed by atoms with van der Waals surface area (Å²) in [5.74, 6) is 0.884. The summed E-state index contributed by atoms with van der Waals surface area (Å²) in [6.07, 6.45) is 0.358. The van der Waals surface area contributed by atoms with E-state index in [4.69, 9.17) is 41.8 Å². The maximum Gasteiger partial charge on any atom is 0.193 e. The highest BCUT2D eigenvalue weighted by atomic mass is 79.9. The van der Waals surface area contributed by atoms with Crippen LogP contribution in [0.4, 0.5) is 0 Å². The monoisotopic (exact) mass is 484 g/mol. The predicted molar refractivity (Wildman–Crippen MR) is 111 cm³/mol. The normalized spacial score (nSPS) is 14.7. The molecule has 0 N–H and O–H groups in total. The molecule has 1 saturated heterocycles. The summed E-state index contributed by atoms with van der Waals surface area (Å²) >= 11 is 16.0. The summed E-state index contributed by atoms with van der Waals surface area (Å²) in [7, 11) is 0. The Balaban J connectivity index is 1.66. The van der Waals surface area contributed by atoms with E-state index in [9.17, 15) is 4.79 Å². The van der Waals surface area contributed by atoms with Crippen LogP contribution in [0.5, 0.6) is 5.75 Å². The van der Waals surface area contributed by atoms with Gasteiger partial charge in [0.1, 0.15) is 11.5 Å². The molecule has 0 amide bonds. The Morgan fingerprint density at radius 2 is 1.89 bits per heavy atom. The van der Waals surface area contributed by atoms with Gasteiger partial charge >= 0.3 is 0 Å². The standard InChI is InChI=1S/C20H15BrCl2O5/c21-13-9-15(23)12(8-18(13)25-5-4-19-26-6-7-27-19)17-10-16(24)11-2-1-3-14(22)20(11)28-17/h1-3,8-10,19H,4-7H2. The minimum Gasteiger partial charge on any atom is -0.492 e. The van der Waals surface area contributed by atoms with Crippen LogP contribution in [-0.2, 0) is 9.47 Å². The van der Waals surface area contributed by atoms with Gasteiger partial charge in [-0.1, -0.05) is 29.3 Å². The van der Waals surface area contributed by atoms with Crippen molar-refractivity contribution < 1.29 is 18.6 Å². The summed E-state index contributed by atoms with van der Waals surface area (Å²) in [6.45, 7) is 1.60. The lowest BCUT2D eigenvalue weighted by Gasteiger charge is -2.13.